The van der Waals surface area contributed by atoms with Gasteiger partial charge in [-0.1, -0.05) is 0 Å². The van der Waals surface area contributed by atoms with E-state index in [0.29, 0.717) is 10.9 Å². The maximum absolute atomic E-state index is 11.8. The number of aromatic nitrogens is 2. The highest BCUT2D eigenvalue weighted by Gasteiger charge is 2.06. The predicted octanol–water partition coefficient (Wildman–Crippen LogP) is 3.45. The minimum atomic E-state index is -0.251. The summed E-state index contributed by atoms with van der Waals surface area (Å²) in [5, 5.41) is 5.14. The molecule has 0 aromatic carbocycles. The lowest BCUT2D eigenvalue weighted by Crippen LogP contribution is -2.07. The van der Waals surface area contributed by atoms with E-state index in [1.54, 1.807) is 36.9 Å². The molecule has 0 atom stereocenters. The highest BCUT2D eigenvalue weighted by Crippen LogP contribution is 2.23. The van der Waals surface area contributed by atoms with Crippen LogP contribution in [0.2, 0.25) is 0 Å². The fraction of sp³-hybridized carbons (Fsp3) is 0. The first kappa shape index (κ1) is 13.3. The van der Waals surface area contributed by atoms with Crippen molar-refractivity contribution in [3.8, 4) is 11.3 Å². The number of nitrogens with one attached hydrogen (secondary N) is 1. The van der Waals surface area contributed by atoms with Crippen molar-refractivity contribution in [1.82, 2.24) is 9.97 Å². The zero-order chi connectivity index (χ0) is 14.5. The minimum Gasteiger partial charge on any atom is -0.465 e. The first-order valence-corrected chi connectivity index (χ1v) is 7.08. The minimum absolute atomic E-state index is 0.251. The number of anilines is 1. The maximum Gasteiger partial charge on any atom is 0.250 e. The second-order valence-corrected chi connectivity index (χ2v) is 4.98. The van der Waals surface area contributed by atoms with Crippen molar-refractivity contribution in [3.63, 3.8) is 0 Å². The summed E-state index contributed by atoms with van der Waals surface area (Å²) in [7, 11) is 0. The molecular weight excluding hydrogens is 286 g/mol. The second kappa shape index (κ2) is 6.15. The smallest absolute Gasteiger partial charge is 0.250 e. The Balaban J connectivity index is 1.66. The Morgan fingerprint density at radius 1 is 1.33 bits per heavy atom. The van der Waals surface area contributed by atoms with Gasteiger partial charge in [0.25, 0.3) is 0 Å². The van der Waals surface area contributed by atoms with Crippen LogP contribution in [0.3, 0.4) is 0 Å². The standard InChI is InChI=1S/C15H11N3O2S/c19-14(6-5-12-4-2-8-20-12)18-15-17-13(10-21-15)11-3-1-7-16-9-11/h1-10H,(H,17,18,19)/b6-5+. The molecule has 5 nitrogen and oxygen atoms in total. The summed E-state index contributed by atoms with van der Waals surface area (Å²) < 4.78 is 5.11. The molecule has 0 aliphatic rings. The molecule has 0 fully saturated rings. The van der Waals surface area contributed by atoms with Crippen LogP contribution in [0.5, 0.6) is 0 Å². The molecule has 0 aliphatic carbocycles. The summed E-state index contributed by atoms with van der Waals surface area (Å²) in [5.41, 5.74) is 1.71. The van der Waals surface area contributed by atoms with Gasteiger partial charge in [0, 0.05) is 29.4 Å². The number of nitrogens with zero attached hydrogens (tertiary/aromatic N) is 2. The quantitative estimate of drug-likeness (QED) is 0.749. The van der Waals surface area contributed by atoms with E-state index in [4.69, 9.17) is 4.42 Å². The van der Waals surface area contributed by atoms with Gasteiger partial charge in [-0.3, -0.25) is 15.1 Å². The topological polar surface area (TPSA) is 68.0 Å². The summed E-state index contributed by atoms with van der Waals surface area (Å²) in [4.78, 5) is 20.2. The molecule has 0 unspecified atom stereocenters. The van der Waals surface area contributed by atoms with Crippen molar-refractivity contribution in [2.75, 3.05) is 5.32 Å². The van der Waals surface area contributed by atoms with Crippen molar-refractivity contribution in [2.24, 2.45) is 0 Å². The van der Waals surface area contributed by atoms with Crippen LogP contribution in [-0.2, 0) is 4.79 Å². The molecule has 3 rings (SSSR count). The molecule has 3 aromatic rings. The third kappa shape index (κ3) is 3.43. The lowest BCUT2D eigenvalue weighted by Gasteiger charge is -1.96. The van der Waals surface area contributed by atoms with Crippen molar-refractivity contribution in [1.29, 1.82) is 0 Å². The number of carbonyl (C=O) groups is 1. The van der Waals surface area contributed by atoms with E-state index >= 15 is 0 Å². The number of carbonyl (C=O) groups excluding carboxylic acids is 1. The van der Waals surface area contributed by atoms with E-state index in [-0.39, 0.29) is 5.91 Å². The summed E-state index contributed by atoms with van der Waals surface area (Å²) >= 11 is 1.37. The monoisotopic (exact) mass is 297 g/mol. The number of hydrogen-bond acceptors (Lipinski definition) is 5. The Kier molecular flexibility index (Phi) is 3.88. The number of rotatable bonds is 4. The zero-order valence-corrected chi connectivity index (χ0v) is 11.7. The lowest BCUT2D eigenvalue weighted by atomic mass is 10.2. The van der Waals surface area contributed by atoms with Gasteiger partial charge in [0.1, 0.15) is 5.76 Å². The number of hydrogen-bond donors (Lipinski definition) is 1. The van der Waals surface area contributed by atoms with E-state index in [0.717, 1.165) is 11.3 Å². The third-order valence-corrected chi connectivity index (χ3v) is 3.39. The average Bonchev–Trinajstić information content (AvgIpc) is 3.17. The Morgan fingerprint density at radius 3 is 3.05 bits per heavy atom. The predicted molar refractivity (Wildman–Crippen MR) is 81.7 cm³/mol. The molecule has 0 aliphatic heterocycles. The van der Waals surface area contributed by atoms with Crippen LogP contribution in [0.25, 0.3) is 17.3 Å². The molecule has 21 heavy (non-hydrogen) atoms. The van der Waals surface area contributed by atoms with Crippen molar-refractivity contribution < 1.29 is 9.21 Å². The Morgan fingerprint density at radius 2 is 2.29 bits per heavy atom. The van der Waals surface area contributed by atoms with Gasteiger partial charge in [-0.05, 0) is 30.3 Å². The van der Waals surface area contributed by atoms with Gasteiger partial charge >= 0.3 is 0 Å². The molecule has 0 radical (unpaired) electrons. The zero-order valence-electron chi connectivity index (χ0n) is 10.9. The van der Waals surface area contributed by atoms with E-state index < -0.39 is 0 Å². The molecule has 104 valence electrons. The molecule has 1 amide bonds. The van der Waals surface area contributed by atoms with Gasteiger partial charge in [-0.2, -0.15) is 0 Å². The number of furan rings is 1. The molecule has 0 saturated carbocycles. The van der Waals surface area contributed by atoms with Crippen molar-refractivity contribution in [3.05, 3.63) is 60.1 Å². The van der Waals surface area contributed by atoms with E-state index in [2.05, 4.69) is 15.3 Å². The SMILES string of the molecule is O=C(/C=C/c1ccco1)Nc1nc(-c2cccnc2)cs1. The Labute approximate surface area is 125 Å². The van der Waals surface area contributed by atoms with Gasteiger partial charge in [-0.25, -0.2) is 4.98 Å². The van der Waals surface area contributed by atoms with Gasteiger partial charge in [-0.15, -0.1) is 11.3 Å². The van der Waals surface area contributed by atoms with E-state index in [9.17, 15) is 4.79 Å². The van der Waals surface area contributed by atoms with E-state index in [1.165, 1.54) is 17.4 Å². The van der Waals surface area contributed by atoms with Crippen LogP contribution in [-0.4, -0.2) is 15.9 Å². The highest BCUT2D eigenvalue weighted by atomic mass is 32.1. The Bertz CT molecular complexity index is 748. The molecular formula is C15H11N3O2S. The first-order valence-electron chi connectivity index (χ1n) is 6.20. The molecule has 6 heteroatoms. The van der Waals surface area contributed by atoms with Crippen LogP contribution in [0.15, 0.2) is 58.8 Å². The maximum atomic E-state index is 11.8. The summed E-state index contributed by atoms with van der Waals surface area (Å²) in [6, 6.07) is 7.30. The first-order chi connectivity index (χ1) is 10.3. The number of amides is 1. The van der Waals surface area contributed by atoms with Crippen LogP contribution in [0, 0.1) is 0 Å². The lowest BCUT2D eigenvalue weighted by molar-refractivity contribution is -0.111. The normalized spacial score (nSPS) is 10.9. The van der Waals surface area contributed by atoms with Crippen molar-refractivity contribution in [2.45, 2.75) is 0 Å². The van der Waals surface area contributed by atoms with Gasteiger partial charge in [0.2, 0.25) is 5.91 Å². The summed E-state index contributed by atoms with van der Waals surface area (Å²) in [6.45, 7) is 0. The Hall–Kier alpha value is -2.73. The summed E-state index contributed by atoms with van der Waals surface area (Å²) in [5.74, 6) is 0.374. The van der Waals surface area contributed by atoms with Crippen LogP contribution < -0.4 is 5.32 Å². The van der Waals surface area contributed by atoms with Crippen molar-refractivity contribution >= 4 is 28.5 Å². The fourth-order valence-electron chi connectivity index (χ4n) is 1.67. The molecule has 3 heterocycles. The van der Waals surface area contributed by atoms with Crippen LogP contribution >= 0.6 is 11.3 Å². The molecule has 0 saturated heterocycles. The van der Waals surface area contributed by atoms with Crippen LogP contribution in [0.4, 0.5) is 5.13 Å². The third-order valence-electron chi connectivity index (χ3n) is 2.63. The molecule has 1 N–H and O–H groups in total. The number of pyridine rings is 1. The fourth-order valence-corrected chi connectivity index (χ4v) is 2.39. The highest BCUT2D eigenvalue weighted by molar-refractivity contribution is 7.14. The van der Waals surface area contributed by atoms with Gasteiger partial charge in [0.05, 0.1) is 12.0 Å². The molecule has 0 spiro atoms. The molecule has 0 bridgehead atoms. The number of thiazole rings is 1. The van der Waals surface area contributed by atoms with Gasteiger partial charge in [0.15, 0.2) is 5.13 Å². The van der Waals surface area contributed by atoms with Crippen LogP contribution in [0.1, 0.15) is 5.76 Å². The summed E-state index contributed by atoms with van der Waals surface area (Å²) in [6.07, 6.45) is 8.00. The van der Waals surface area contributed by atoms with E-state index in [1.807, 2.05) is 17.5 Å². The molecule has 3 aromatic heterocycles. The second-order valence-electron chi connectivity index (χ2n) is 4.12. The van der Waals surface area contributed by atoms with Gasteiger partial charge < -0.3 is 4.42 Å². The largest absolute Gasteiger partial charge is 0.465 e. The average molecular weight is 297 g/mol.